The number of aliphatic imine (C=N–C) groups is 1. The third-order valence-corrected chi connectivity index (χ3v) is 16.9. The molecule has 4 atom stereocenters. The Kier molecular flexibility index (Phi) is 23.2. The molecule has 506 valence electrons. The number of hydrogen-bond acceptors (Lipinski definition) is 18. The highest BCUT2D eigenvalue weighted by Crippen LogP contribution is 2.44. The summed E-state index contributed by atoms with van der Waals surface area (Å²) in [5.41, 5.74) is 8.16. The first kappa shape index (κ1) is 68.8. The van der Waals surface area contributed by atoms with Crippen LogP contribution in [0, 0.1) is 5.92 Å². The number of methoxy groups -OCH3 is 4. The van der Waals surface area contributed by atoms with Crippen LogP contribution in [0.25, 0.3) is 0 Å². The molecule has 0 saturated carbocycles. The first-order valence-electron chi connectivity index (χ1n) is 32.1. The highest BCUT2D eigenvalue weighted by molar-refractivity contribution is 6.16. The van der Waals surface area contributed by atoms with E-state index in [1.54, 1.807) is 79.3 Å². The van der Waals surface area contributed by atoms with Crippen LogP contribution in [-0.4, -0.2) is 147 Å². The van der Waals surface area contributed by atoms with E-state index in [2.05, 4.69) is 26.0 Å². The molecule has 6 amide bonds. The van der Waals surface area contributed by atoms with E-state index in [1.165, 1.54) is 33.2 Å². The van der Waals surface area contributed by atoms with Gasteiger partial charge in [0.05, 0.1) is 95.5 Å². The summed E-state index contributed by atoms with van der Waals surface area (Å²) in [6.07, 6.45) is 3.43. The number of amides is 6. The second kappa shape index (κ2) is 32.4. The average molecular weight is 1320 g/mol. The lowest BCUT2D eigenvalue weighted by atomic mass is 10.0. The predicted octanol–water partition coefficient (Wildman–Crippen LogP) is 9.29. The minimum Gasteiger partial charge on any atom is -0.493 e. The van der Waals surface area contributed by atoms with Crippen LogP contribution in [-0.2, 0) is 75.5 Å². The summed E-state index contributed by atoms with van der Waals surface area (Å²) < 4.78 is 52.1. The van der Waals surface area contributed by atoms with Crippen LogP contribution in [0.3, 0.4) is 0 Å². The minimum absolute atomic E-state index is 0.00172. The SMILES string of the molecule is COCCOCCOCCNc1cc(COc2cc3c(cc2OC)C(=O)N2c4ccccc4C[C@H]2C=N3)cc(COc2cc3c(cc2OC)C(=O)N2c4ccccc4C[C@H]2CN3C(=O)OCc2ccc(NC(=O)[C@H](C)NC(=O)[C@@H](NC(=O)CCCCC(=O)OC)C(C)C)cc2)c1. The van der Waals surface area contributed by atoms with Gasteiger partial charge in [-0.3, -0.25) is 43.6 Å². The van der Waals surface area contributed by atoms with Crippen LogP contribution in [0.15, 0.2) is 120 Å². The Morgan fingerprint density at radius 2 is 1.22 bits per heavy atom. The van der Waals surface area contributed by atoms with E-state index in [0.29, 0.717) is 99.3 Å². The third kappa shape index (κ3) is 16.7. The molecule has 0 fully saturated rings. The molecule has 4 aliphatic heterocycles. The molecule has 0 aromatic heterocycles. The molecule has 6 aromatic rings. The molecular formula is C72H82N8O16. The van der Waals surface area contributed by atoms with E-state index >= 15 is 0 Å². The van der Waals surface area contributed by atoms with Crippen LogP contribution < -0.4 is 54.9 Å². The van der Waals surface area contributed by atoms with Crippen molar-refractivity contribution in [3.8, 4) is 23.0 Å². The Morgan fingerprint density at radius 3 is 1.90 bits per heavy atom. The first-order valence-corrected chi connectivity index (χ1v) is 32.1. The van der Waals surface area contributed by atoms with Crippen molar-refractivity contribution in [1.82, 2.24) is 10.6 Å². The Hall–Kier alpha value is -10.0. The topological polar surface area (TPSA) is 273 Å². The second-order valence-electron chi connectivity index (χ2n) is 24.0. The van der Waals surface area contributed by atoms with Gasteiger partial charge in [-0.25, -0.2) is 4.79 Å². The summed E-state index contributed by atoms with van der Waals surface area (Å²) in [7, 11) is 5.93. The first-order chi connectivity index (χ1) is 46.5. The maximum atomic E-state index is 14.9. The molecule has 0 aliphatic carbocycles. The van der Waals surface area contributed by atoms with Crippen molar-refractivity contribution in [1.29, 1.82) is 0 Å². The summed E-state index contributed by atoms with van der Waals surface area (Å²) in [5, 5.41) is 11.7. The van der Waals surface area contributed by atoms with E-state index in [-0.39, 0.29) is 97.6 Å². The van der Waals surface area contributed by atoms with Crippen molar-refractivity contribution in [3.05, 3.63) is 154 Å². The quantitative estimate of drug-likeness (QED) is 0.0233. The van der Waals surface area contributed by atoms with Gasteiger partial charge in [-0.05, 0) is 115 Å². The van der Waals surface area contributed by atoms with E-state index in [4.69, 9.17) is 42.9 Å². The fraction of sp³-hybridized carbons (Fsp3) is 0.389. The lowest BCUT2D eigenvalue weighted by molar-refractivity contribution is -0.140. The van der Waals surface area contributed by atoms with Crippen molar-refractivity contribution >= 4 is 81.9 Å². The van der Waals surface area contributed by atoms with Gasteiger partial charge in [0, 0.05) is 74.0 Å². The zero-order valence-corrected chi connectivity index (χ0v) is 55.1. The van der Waals surface area contributed by atoms with E-state index in [0.717, 1.165) is 39.3 Å². The number of unbranched alkanes of at least 4 members (excludes halogenated alkanes) is 1. The van der Waals surface area contributed by atoms with Crippen LogP contribution in [0.1, 0.15) is 95.0 Å². The Bertz CT molecular complexity index is 3840. The molecule has 24 heteroatoms. The molecule has 0 unspecified atom stereocenters. The Labute approximate surface area is 557 Å². The molecule has 24 nitrogen and oxygen atoms in total. The number of nitrogens with one attached hydrogen (secondary N) is 4. The average Bonchev–Trinajstić information content (AvgIpc) is 1.60. The summed E-state index contributed by atoms with van der Waals surface area (Å²) in [6, 6.07) is 32.1. The molecule has 0 radical (unpaired) electrons. The molecular weight excluding hydrogens is 1230 g/mol. The van der Waals surface area contributed by atoms with Gasteiger partial charge in [-0.2, -0.15) is 0 Å². The molecule has 10 rings (SSSR count). The van der Waals surface area contributed by atoms with Gasteiger partial charge in [0.2, 0.25) is 17.7 Å². The molecule has 0 saturated heterocycles. The summed E-state index contributed by atoms with van der Waals surface area (Å²) in [4.78, 5) is 104. The Balaban J connectivity index is 0.837. The van der Waals surface area contributed by atoms with Crippen LogP contribution in [0.4, 0.5) is 38.9 Å². The van der Waals surface area contributed by atoms with E-state index < -0.39 is 36.0 Å². The fourth-order valence-electron chi connectivity index (χ4n) is 11.9. The number of nitrogens with zero attached hydrogens (tertiary/aromatic N) is 4. The van der Waals surface area contributed by atoms with Crippen molar-refractivity contribution in [3.63, 3.8) is 0 Å². The number of fused-ring (bicyclic) bond motifs is 8. The van der Waals surface area contributed by atoms with Gasteiger partial charge < -0.3 is 68.8 Å². The zero-order chi connectivity index (χ0) is 67.8. The highest BCUT2D eigenvalue weighted by atomic mass is 16.6. The number of carbonyl (C=O) groups is 7. The number of esters is 1. The lowest BCUT2D eigenvalue weighted by Crippen LogP contribution is -2.53. The summed E-state index contributed by atoms with van der Waals surface area (Å²) in [6.45, 7) is 7.69. The normalized spacial score (nSPS) is 15.5. The number of rotatable bonds is 31. The van der Waals surface area contributed by atoms with E-state index in [1.807, 2.05) is 72.9 Å². The predicted molar refractivity (Wildman–Crippen MR) is 360 cm³/mol. The number of para-hydroxylation sites is 2. The molecule has 96 heavy (non-hydrogen) atoms. The molecule has 6 aromatic carbocycles. The van der Waals surface area contributed by atoms with Gasteiger partial charge in [0.15, 0.2) is 23.0 Å². The van der Waals surface area contributed by atoms with Gasteiger partial charge >= 0.3 is 12.1 Å². The van der Waals surface area contributed by atoms with Gasteiger partial charge in [0.25, 0.3) is 11.8 Å². The smallest absolute Gasteiger partial charge is 0.414 e. The number of anilines is 5. The van der Waals surface area contributed by atoms with Crippen LogP contribution in [0.2, 0.25) is 0 Å². The van der Waals surface area contributed by atoms with Crippen LogP contribution in [0.5, 0.6) is 23.0 Å². The number of hydrogen-bond donors (Lipinski definition) is 4. The van der Waals surface area contributed by atoms with Crippen molar-refractivity contribution < 1.29 is 76.2 Å². The molecule has 0 bridgehead atoms. The maximum Gasteiger partial charge on any atom is 0.414 e. The highest BCUT2D eigenvalue weighted by Gasteiger charge is 2.43. The van der Waals surface area contributed by atoms with Crippen molar-refractivity contribution in [2.75, 3.05) is 99.9 Å². The molecule has 4 N–H and O–H groups in total. The molecule has 4 heterocycles. The number of benzene rings is 6. The second-order valence-corrected chi connectivity index (χ2v) is 24.0. The van der Waals surface area contributed by atoms with Gasteiger partial charge in [-0.1, -0.05) is 62.4 Å². The third-order valence-electron chi connectivity index (χ3n) is 16.9. The lowest BCUT2D eigenvalue weighted by Gasteiger charge is -2.26. The van der Waals surface area contributed by atoms with Gasteiger partial charge in [0.1, 0.15) is 31.9 Å². The Morgan fingerprint density at radius 1 is 0.594 bits per heavy atom. The maximum absolute atomic E-state index is 14.9. The van der Waals surface area contributed by atoms with Gasteiger partial charge in [-0.15, -0.1) is 0 Å². The summed E-state index contributed by atoms with van der Waals surface area (Å²) >= 11 is 0. The monoisotopic (exact) mass is 1310 g/mol. The molecule has 4 aliphatic rings. The fourth-order valence-corrected chi connectivity index (χ4v) is 11.9. The molecule has 0 spiro atoms. The van der Waals surface area contributed by atoms with E-state index in [9.17, 15) is 33.6 Å². The standard InChI is InChI=1S/C72H82N8O16/c1-44(2)67(77-65(81)18-12-13-19-66(82)91-7)69(84)75-45(3)68(83)76-51-22-20-46(21-23-51)41-96-72(87)78-40-54-34-50-15-9-11-17-59(50)80(54)71(86)56-36-62(90-6)64(38-60(56)78)95-43-48-30-47(31-52(32-48)73-24-25-92-28-29-93-27-26-88-4)42-94-63-37-57-55(35-61(63)89-5)70(85)79-53(39-74-57)33-49-14-8-10-16-58(49)79/h8-11,14-17,20-23,30-32,35-39,44-45,53-54,67,73H,12-13,18-19,24-29,33-34,40-43H2,1-7H3,(H,75,84)(H,76,83)(H,77,81)/t45-,53-,54-,67-/m0/s1. The number of ether oxygens (including phenoxy) is 9. The zero-order valence-electron chi connectivity index (χ0n) is 55.1. The minimum atomic E-state index is -0.978. The largest absolute Gasteiger partial charge is 0.493 e. The van der Waals surface area contributed by atoms with Crippen molar-refractivity contribution in [2.45, 2.75) is 103 Å². The summed E-state index contributed by atoms with van der Waals surface area (Å²) in [5.74, 6) is -1.30. The van der Waals surface area contributed by atoms with Crippen molar-refractivity contribution in [2.24, 2.45) is 10.9 Å². The number of carbonyl (C=O) groups excluding carboxylic acids is 7. The van der Waals surface area contributed by atoms with Crippen LogP contribution >= 0.6 is 0 Å².